The minimum Gasteiger partial charge on any atom is -0.419 e. The van der Waals surface area contributed by atoms with Crippen molar-refractivity contribution >= 4 is 33.3 Å². The van der Waals surface area contributed by atoms with Gasteiger partial charge in [0.25, 0.3) is 15.8 Å². The SMILES string of the molecule is Cc1cc(C)c(NS(=O)(=O)c2ccc(NC=C3C(=O)OC(C)(C)OC3=O)cc2)c(C)c1. The summed E-state index contributed by atoms with van der Waals surface area (Å²) in [5.41, 5.74) is 3.45. The number of benzene rings is 2. The first-order valence-corrected chi connectivity index (χ1v) is 11.0. The van der Waals surface area contributed by atoms with E-state index >= 15 is 0 Å². The summed E-state index contributed by atoms with van der Waals surface area (Å²) in [6, 6.07) is 9.70. The molecule has 2 aromatic rings. The largest absolute Gasteiger partial charge is 0.419 e. The van der Waals surface area contributed by atoms with Crippen molar-refractivity contribution in [3.8, 4) is 0 Å². The number of rotatable bonds is 5. The monoisotopic (exact) mass is 444 g/mol. The zero-order valence-corrected chi connectivity index (χ0v) is 18.7. The predicted molar refractivity (Wildman–Crippen MR) is 116 cm³/mol. The molecule has 1 heterocycles. The third-order valence-electron chi connectivity index (χ3n) is 4.58. The summed E-state index contributed by atoms with van der Waals surface area (Å²) < 4.78 is 38.2. The summed E-state index contributed by atoms with van der Waals surface area (Å²) >= 11 is 0. The summed E-state index contributed by atoms with van der Waals surface area (Å²) in [4.78, 5) is 24.0. The Morgan fingerprint density at radius 1 is 0.903 bits per heavy atom. The molecule has 164 valence electrons. The summed E-state index contributed by atoms with van der Waals surface area (Å²) in [5.74, 6) is -2.93. The molecule has 0 radical (unpaired) electrons. The number of hydrogen-bond donors (Lipinski definition) is 2. The van der Waals surface area contributed by atoms with E-state index < -0.39 is 27.7 Å². The number of cyclic esters (lactones) is 2. The molecule has 9 heteroatoms. The van der Waals surface area contributed by atoms with Gasteiger partial charge in [0, 0.05) is 25.7 Å². The summed E-state index contributed by atoms with van der Waals surface area (Å²) in [6.07, 6.45) is 1.17. The van der Waals surface area contributed by atoms with E-state index in [2.05, 4.69) is 10.0 Å². The lowest BCUT2D eigenvalue weighted by atomic mass is 10.1. The highest BCUT2D eigenvalue weighted by Gasteiger charge is 2.38. The Bertz CT molecular complexity index is 1140. The van der Waals surface area contributed by atoms with Gasteiger partial charge in [0.1, 0.15) is 0 Å². The lowest BCUT2D eigenvalue weighted by Crippen LogP contribution is -2.42. The fraction of sp³-hybridized carbons (Fsp3) is 0.273. The van der Waals surface area contributed by atoms with E-state index in [4.69, 9.17) is 9.47 Å². The number of sulfonamides is 1. The van der Waals surface area contributed by atoms with Crippen LogP contribution in [0.1, 0.15) is 30.5 Å². The van der Waals surface area contributed by atoms with Gasteiger partial charge >= 0.3 is 11.9 Å². The zero-order chi connectivity index (χ0) is 23.0. The topological polar surface area (TPSA) is 111 Å². The Kier molecular flexibility index (Phi) is 5.82. The second kappa shape index (κ2) is 8.07. The number of carbonyl (C=O) groups is 2. The smallest absolute Gasteiger partial charge is 0.350 e. The molecule has 0 spiro atoms. The van der Waals surface area contributed by atoms with Gasteiger partial charge in [-0.3, -0.25) is 4.72 Å². The van der Waals surface area contributed by atoms with Crippen molar-refractivity contribution in [3.63, 3.8) is 0 Å². The van der Waals surface area contributed by atoms with Crippen LogP contribution in [0.5, 0.6) is 0 Å². The molecule has 1 aliphatic rings. The number of aryl methyl sites for hydroxylation is 3. The van der Waals surface area contributed by atoms with Crippen LogP contribution in [0.2, 0.25) is 0 Å². The molecule has 2 aromatic carbocycles. The van der Waals surface area contributed by atoms with Crippen LogP contribution >= 0.6 is 0 Å². The van der Waals surface area contributed by atoms with Crippen molar-refractivity contribution in [1.29, 1.82) is 0 Å². The second-order valence-electron chi connectivity index (χ2n) is 7.78. The molecule has 0 aliphatic carbocycles. The van der Waals surface area contributed by atoms with E-state index in [9.17, 15) is 18.0 Å². The van der Waals surface area contributed by atoms with Crippen LogP contribution in [0.15, 0.2) is 53.1 Å². The number of carbonyl (C=O) groups excluding carboxylic acids is 2. The Balaban J connectivity index is 1.76. The molecular formula is C22H24N2O6S. The normalized spacial score (nSPS) is 15.7. The third kappa shape index (κ3) is 5.05. The minimum atomic E-state index is -3.80. The molecule has 0 atom stereocenters. The summed E-state index contributed by atoms with van der Waals surface area (Å²) in [6.45, 7) is 8.56. The molecule has 1 fully saturated rings. The van der Waals surface area contributed by atoms with Crippen molar-refractivity contribution in [2.75, 3.05) is 10.0 Å². The molecule has 1 aliphatic heterocycles. The van der Waals surface area contributed by atoms with Crippen LogP contribution in [0.3, 0.4) is 0 Å². The number of esters is 2. The molecule has 0 saturated carbocycles. The van der Waals surface area contributed by atoms with E-state index in [0.717, 1.165) is 16.7 Å². The van der Waals surface area contributed by atoms with E-state index in [-0.39, 0.29) is 10.5 Å². The first kappa shape index (κ1) is 22.4. The van der Waals surface area contributed by atoms with Gasteiger partial charge in [-0.05, 0) is 56.2 Å². The Morgan fingerprint density at radius 3 is 1.94 bits per heavy atom. The third-order valence-corrected chi connectivity index (χ3v) is 5.94. The van der Waals surface area contributed by atoms with Gasteiger partial charge in [-0.15, -0.1) is 0 Å². The lowest BCUT2D eigenvalue weighted by molar-refractivity contribution is -0.222. The van der Waals surface area contributed by atoms with E-state index in [1.165, 1.54) is 44.3 Å². The second-order valence-corrected chi connectivity index (χ2v) is 9.47. The van der Waals surface area contributed by atoms with Gasteiger partial charge in [0.2, 0.25) is 0 Å². The standard InChI is InChI=1S/C22H24N2O6S/c1-13-10-14(2)19(15(3)11-13)24-31(27,28)17-8-6-16(7-9-17)23-12-18-20(25)29-22(4,5)30-21(18)26/h6-12,23-24H,1-5H3. The molecule has 1 saturated heterocycles. The van der Waals surface area contributed by atoms with Gasteiger partial charge in [-0.2, -0.15) is 0 Å². The molecule has 0 aromatic heterocycles. The molecular weight excluding hydrogens is 420 g/mol. The molecule has 3 rings (SSSR count). The molecule has 31 heavy (non-hydrogen) atoms. The predicted octanol–water partition coefficient (Wildman–Crippen LogP) is 3.54. The molecule has 0 amide bonds. The quantitative estimate of drug-likeness (QED) is 0.412. The van der Waals surface area contributed by atoms with Gasteiger partial charge in [-0.25, -0.2) is 18.0 Å². The maximum Gasteiger partial charge on any atom is 0.350 e. The Morgan fingerprint density at radius 2 is 1.42 bits per heavy atom. The molecule has 8 nitrogen and oxygen atoms in total. The number of anilines is 2. The van der Waals surface area contributed by atoms with Crippen LogP contribution in [0.25, 0.3) is 0 Å². The highest BCUT2D eigenvalue weighted by atomic mass is 32.2. The van der Waals surface area contributed by atoms with Crippen LogP contribution in [0.4, 0.5) is 11.4 Å². The zero-order valence-electron chi connectivity index (χ0n) is 17.9. The van der Waals surface area contributed by atoms with Crippen molar-refractivity contribution in [2.24, 2.45) is 0 Å². The maximum atomic E-state index is 12.8. The van der Waals surface area contributed by atoms with E-state index in [1.807, 2.05) is 32.9 Å². The molecule has 2 N–H and O–H groups in total. The van der Waals surface area contributed by atoms with Gasteiger partial charge < -0.3 is 14.8 Å². The maximum absolute atomic E-state index is 12.8. The van der Waals surface area contributed by atoms with Crippen LogP contribution in [0, 0.1) is 20.8 Å². The number of hydrogen-bond acceptors (Lipinski definition) is 7. The molecule has 0 bridgehead atoms. The average molecular weight is 445 g/mol. The minimum absolute atomic E-state index is 0.0725. The van der Waals surface area contributed by atoms with Crippen molar-refractivity contribution in [1.82, 2.24) is 0 Å². The summed E-state index contributed by atoms with van der Waals surface area (Å²) in [5, 5.41) is 2.78. The highest BCUT2D eigenvalue weighted by Crippen LogP contribution is 2.26. The van der Waals surface area contributed by atoms with Gasteiger partial charge in [0.15, 0.2) is 5.57 Å². The summed E-state index contributed by atoms with van der Waals surface area (Å²) in [7, 11) is -3.80. The average Bonchev–Trinajstić information content (AvgIpc) is 2.63. The van der Waals surface area contributed by atoms with Crippen LogP contribution < -0.4 is 10.0 Å². The van der Waals surface area contributed by atoms with E-state index in [1.54, 1.807) is 0 Å². The van der Waals surface area contributed by atoms with Crippen LogP contribution in [-0.4, -0.2) is 26.1 Å². The van der Waals surface area contributed by atoms with Crippen molar-refractivity contribution in [2.45, 2.75) is 45.3 Å². The molecule has 0 unspecified atom stereocenters. The Labute approximate surface area is 181 Å². The fourth-order valence-electron chi connectivity index (χ4n) is 3.20. The van der Waals surface area contributed by atoms with Crippen LogP contribution in [-0.2, 0) is 29.1 Å². The van der Waals surface area contributed by atoms with Crippen molar-refractivity contribution in [3.05, 3.63) is 64.9 Å². The van der Waals surface area contributed by atoms with Gasteiger partial charge in [-0.1, -0.05) is 17.7 Å². The Hall–Kier alpha value is -3.33. The first-order valence-electron chi connectivity index (χ1n) is 9.52. The fourth-order valence-corrected chi connectivity index (χ4v) is 4.40. The van der Waals surface area contributed by atoms with Gasteiger partial charge in [0.05, 0.1) is 10.6 Å². The lowest BCUT2D eigenvalue weighted by Gasteiger charge is -2.29. The number of ether oxygens (including phenoxy) is 2. The number of nitrogens with one attached hydrogen (secondary N) is 2. The first-order chi connectivity index (χ1) is 14.4. The highest BCUT2D eigenvalue weighted by molar-refractivity contribution is 7.92. The van der Waals surface area contributed by atoms with Crippen molar-refractivity contribution < 1.29 is 27.5 Å². The van der Waals surface area contributed by atoms with E-state index in [0.29, 0.717) is 11.4 Å².